The minimum atomic E-state index is -0.834. The van der Waals surface area contributed by atoms with E-state index in [9.17, 15) is 14.7 Å². The summed E-state index contributed by atoms with van der Waals surface area (Å²) in [6.45, 7) is 10.0. The normalized spacial score (nSPS) is 15.8. The zero-order valence-electron chi connectivity index (χ0n) is 22.4. The Morgan fingerprint density at radius 3 is 2.28 bits per heavy atom. The van der Waals surface area contributed by atoms with Crippen LogP contribution in [0.5, 0.6) is 0 Å². The van der Waals surface area contributed by atoms with Crippen molar-refractivity contribution in [2.45, 2.75) is 46.1 Å². The van der Waals surface area contributed by atoms with Crippen LogP contribution in [0.25, 0.3) is 10.6 Å². The summed E-state index contributed by atoms with van der Waals surface area (Å²) in [5.74, 6) is -1.62. The fourth-order valence-corrected chi connectivity index (χ4v) is 5.95. The molecule has 0 bridgehead atoms. The number of aromatic nitrogens is 1. The molecule has 0 fully saturated rings. The second-order valence-electron chi connectivity index (χ2n) is 10.8. The fourth-order valence-electron chi connectivity index (χ4n) is 4.75. The standard InChI is InChI=1S/C32H29ClN2O3S/c1-18-11-16-23(17-24(18)33)35-26(20-12-14-22(15-13-20)32(3,4)5)25(28(37)31(35)38)27(36)29-19(2)34-30(39-29)21-9-7-6-8-10-21/h6-17,26,37H,1-5H3. The van der Waals surface area contributed by atoms with Gasteiger partial charge in [-0.15, -0.1) is 11.3 Å². The molecular weight excluding hydrogens is 528 g/mol. The van der Waals surface area contributed by atoms with E-state index in [2.05, 4.69) is 25.8 Å². The maximum absolute atomic E-state index is 14.1. The monoisotopic (exact) mass is 556 g/mol. The summed E-state index contributed by atoms with van der Waals surface area (Å²) in [6, 6.07) is 21.9. The number of ketones is 1. The highest BCUT2D eigenvalue weighted by molar-refractivity contribution is 7.17. The van der Waals surface area contributed by atoms with Gasteiger partial charge in [-0.05, 0) is 48.1 Å². The molecule has 0 saturated carbocycles. The molecule has 1 aliphatic rings. The van der Waals surface area contributed by atoms with Gasteiger partial charge in [0.15, 0.2) is 5.76 Å². The van der Waals surface area contributed by atoms with Crippen molar-refractivity contribution in [2.24, 2.45) is 0 Å². The number of thiazole rings is 1. The number of amides is 1. The number of carbonyl (C=O) groups is 2. The molecule has 3 aromatic carbocycles. The number of benzene rings is 3. The Bertz CT molecular complexity index is 1620. The van der Waals surface area contributed by atoms with Crippen LogP contribution in [0.4, 0.5) is 5.69 Å². The lowest BCUT2D eigenvalue weighted by atomic mass is 9.85. The van der Waals surface area contributed by atoms with Gasteiger partial charge < -0.3 is 5.11 Å². The number of aliphatic hydroxyl groups is 1. The third-order valence-electron chi connectivity index (χ3n) is 7.00. The van der Waals surface area contributed by atoms with E-state index in [1.165, 1.54) is 16.2 Å². The first-order valence-electron chi connectivity index (χ1n) is 12.7. The van der Waals surface area contributed by atoms with Crippen molar-refractivity contribution in [3.63, 3.8) is 0 Å². The van der Waals surface area contributed by atoms with E-state index in [1.54, 1.807) is 19.1 Å². The van der Waals surface area contributed by atoms with Crippen molar-refractivity contribution in [1.82, 2.24) is 4.98 Å². The summed E-state index contributed by atoms with van der Waals surface area (Å²) in [5.41, 5.74) is 4.61. The third-order valence-corrected chi connectivity index (χ3v) is 8.61. The van der Waals surface area contributed by atoms with Gasteiger partial charge in [-0.3, -0.25) is 14.5 Å². The number of hydrogen-bond acceptors (Lipinski definition) is 5. The molecule has 1 amide bonds. The van der Waals surface area contributed by atoms with E-state index in [-0.39, 0.29) is 11.0 Å². The van der Waals surface area contributed by atoms with Gasteiger partial charge in [0, 0.05) is 16.3 Å². The summed E-state index contributed by atoms with van der Waals surface area (Å²) in [6.07, 6.45) is 0. The molecular formula is C32H29ClN2O3S. The van der Waals surface area contributed by atoms with Crippen LogP contribution in [0.1, 0.15) is 58.9 Å². The molecule has 5 rings (SSSR count). The number of rotatable bonds is 5. The van der Waals surface area contributed by atoms with Gasteiger partial charge in [0.2, 0.25) is 5.78 Å². The van der Waals surface area contributed by atoms with Crippen LogP contribution < -0.4 is 4.90 Å². The number of Topliss-reactive ketones (excluding diaryl/α,β-unsaturated/α-hetero) is 1. The molecule has 5 nitrogen and oxygen atoms in total. The lowest BCUT2D eigenvalue weighted by Crippen LogP contribution is -2.31. The van der Waals surface area contributed by atoms with Crippen molar-refractivity contribution in [3.8, 4) is 10.6 Å². The van der Waals surface area contributed by atoms with Crippen LogP contribution in [0, 0.1) is 13.8 Å². The molecule has 0 radical (unpaired) electrons. The zero-order chi connectivity index (χ0) is 28.1. The smallest absolute Gasteiger partial charge is 0.294 e. The van der Waals surface area contributed by atoms with E-state index in [0.717, 1.165) is 16.7 Å². The largest absolute Gasteiger partial charge is 0.503 e. The molecule has 1 N–H and O–H groups in total. The topological polar surface area (TPSA) is 70.5 Å². The first kappa shape index (κ1) is 26.9. The average molecular weight is 557 g/mol. The number of halogens is 1. The Morgan fingerprint density at radius 2 is 1.67 bits per heavy atom. The van der Waals surface area contributed by atoms with Crippen LogP contribution in [0.2, 0.25) is 5.02 Å². The molecule has 0 aliphatic carbocycles. The molecule has 4 aromatic rings. The Morgan fingerprint density at radius 1 is 1.00 bits per heavy atom. The van der Waals surface area contributed by atoms with Crippen LogP contribution in [0.15, 0.2) is 84.1 Å². The van der Waals surface area contributed by atoms with Gasteiger partial charge in [-0.1, -0.05) is 93.0 Å². The molecule has 0 saturated heterocycles. The molecule has 198 valence electrons. The van der Waals surface area contributed by atoms with Gasteiger partial charge in [0.05, 0.1) is 22.2 Å². The molecule has 7 heteroatoms. The van der Waals surface area contributed by atoms with Gasteiger partial charge in [0.1, 0.15) is 5.01 Å². The van der Waals surface area contributed by atoms with Crippen molar-refractivity contribution in [3.05, 3.63) is 116 Å². The third kappa shape index (κ3) is 4.90. The molecule has 1 aromatic heterocycles. The first-order valence-corrected chi connectivity index (χ1v) is 13.9. The molecule has 1 atom stereocenters. The van der Waals surface area contributed by atoms with E-state index >= 15 is 0 Å². The zero-order valence-corrected chi connectivity index (χ0v) is 24.0. The minimum Gasteiger partial charge on any atom is -0.503 e. The Hall–Kier alpha value is -3.74. The summed E-state index contributed by atoms with van der Waals surface area (Å²) in [5, 5.41) is 12.4. The molecule has 1 aliphatic heterocycles. The number of anilines is 1. The van der Waals surface area contributed by atoms with Gasteiger partial charge >= 0.3 is 0 Å². The molecule has 39 heavy (non-hydrogen) atoms. The lowest BCUT2D eigenvalue weighted by molar-refractivity contribution is -0.117. The number of aliphatic hydroxyl groups excluding tert-OH is 1. The highest BCUT2D eigenvalue weighted by Crippen LogP contribution is 2.44. The molecule has 0 spiro atoms. The summed E-state index contributed by atoms with van der Waals surface area (Å²) in [4.78, 5) is 34.2. The van der Waals surface area contributed by atoms with Gasteiger partial charge in [-0.2, -0.15) is 0 Å². The highest BCUT2D eigenvalue weighted by atomic mass is 35.5. The van der Waals surface area contributed by atoms with Crippen molar-refractivity contribution in [2.75, 3.05) is 4.90 Å². The maximum Gasteiger partial charge on any atom is 0.294 e. The van der Waals surface area contributed by atoms with Crippen molar-refractivity contribution < 1.29 is 14.7 Å². The summed E-state index contributed by atoms with van der Waals surface area (Å²) < 4.78 is 0. The van der Waals surface area contributed by atoms with Crippen LogP contribution in [0.3, 0.4) is 0 Å². The number of aryl methyl sites for hydroxylation is 2. The van der Waals surface area contributed by atoms with Crippen LogP contribution in [-0.4, -0.2) is 21.8 Å². The van der Waals surface area contributed by atoms with E-state index in [0.29, 0.717) is 31.9 Å². The summed E-state index contributed by atoms with van der Waals surface area (Å²) in [7, 11) is 0. The average Bonchev–Trinajstić information content (AvgIpc) is 3.42. The second kappa shape index (κ2) is 10.1. The highest BCUT2D eigenvalue weighted by Gasteiger charge is 2.45. The van der Waals surface area contributed by atoms with Crippen molar-refractivity contribution in [1.29, 1.82) is 0 Å². The number of hydrogen-bond donors (Lipinski definition) is 1. The Balaban J connectivity index is 1.64. The second-order valence-corrected chi connectivity index (χ2v) is 12.2. The summed E-state index contributed by atoms with van der Waals surface area (Å²) >= 11 is 7.69. The number of nitrogens with zero attached hydrogens (tertiary/aromatic N) is 2. The lowest BCUT2D eigenvalue weighted by Gasteiger charge is -2.28. The van der Waals surface area contributed by atoms with E-state index in [1.807, 2.05) is 67.6 Å². The predicted molar refractivity (Wildman–Crippen MR) is 158 cm³/mol. The quantitative estimate of drug-likeness (QED) is 0.252. The van der Waals surface area contributed by atoms with Gasteiger partial charge in [-0.25, -0.2) is 4.98 Å². The molecule has 2 heterocycles. The van der Waals surface area contributed by atoms with Crippen molar-refractivity contribution >= 4 is 40.3 Å². The first-order chi connectivity index (χ1) is 18.5. The van der Waals surface area contributed by atoms with Gasteiger partial charge in [0.25, 0.3) is 5.91 Å². The number of carbonyl (C=O) groups excluding carboxylic acids is 2. The van der Waals surface area contributed by atoms with E-state index < -0.39 is 23.5 Å². The molecule has 1 unspecified atom stereocenters. The van der Waals surface area contributed by atoms with Crippen LogP contribution in [-0.2, 0) is 10.2 Å². The Labute approximate surface area is 237 Å². The van der Waals surface area contributed by atoms with Crippen LogP contribution >= 0.6 is 22.9 Å². The maximum atomic E-state index is 14.1. The fraction of sp³-hybridized carbons (Fsp3) is 0.219. The SMILES string of the molecule is Cc1ccc(N2C(=O)C(O)=C(C(=O)c3sc(-c4ccccc4)nc3C)C2c2ccc(C(C)(C)C)cc2)cc1Cl. The Kier molecular flexibility index (Phi) is 6.95. The predicted octanol–water partition coefficient (Wildman–Crippen LogP) is 8.16. The van der Waals surface area contributed by atoms with E-state index in [4.69, 9.17) is 11.6 Å². The minimum absolute atomic E-state index is 0.0339.